The summed E-state index contributed by atoms with van der Waals surface area (Å²) in [7, 11) is 0. The summed E-state index contributed by atoms with van der Waals surface area (Å²) in [6, 6.07) is 10.1. The van der Waals surface area contributed by atoms with E-state index < -0.39 is 0 Å². The molecule has 0 aliphatic rings. The lowest BCUT2D eigenvalue weighted by Crippen LogP contribution is -1.93. The molecule has 0 unspecified atom stereocenters. The number of aryl methyl sites for hydroxylation is 1. The molecule has 2 rings (SSSR count). The fraction of sp³-hybridized carbons (Fsp3) is 0.200. The third-order valence-corrected chi connectivity index (χ3v) is 4.90. The van der Waals surface area contributed by atoms with Crippen LogP contribution >= 0.6 is 36.6 Å². The maximum Gasteiger partial charge on any atom is 0.119 e. The average Bonchev–Trinajstić information content (AvgIpc) is 2.93. The van der Waals surface area contributed by atoms with Crippen LogP contribution in [-0.2, 0) is 0 Å². The highest BCUT2D eigenvalue weighted by Crippen LogP contribution is 2.36. The van der Waals surface area contributed by atoms with E-state index in [0.717, 1.165) is 31.6 Å². The van der Waals surface area contributed by atoms with Crippen molar-refractivity contribution in [2.24, 2.45) is 0 Å². The van der Waals surface area contributed by atoms with Crippen LogP contribution in [0.5, 0.6) is 5.75 Å². The molecule has 0 atom stereocenters. The van der Waals surface area contributed by atoms with Gasteiger partial charge in [0.15, 0.2) is 0 Å². The minimum atomic E-state index is 0.660. The van der Waals surface area contributed by atoms with E-state index in [1.807, 2.05) is 42.6 Å². The van der Waals surface area contributed by atoms with Crippen molar-refractivity contribution in [1.29, 1.82) is 0 Å². The molecule has 1 aromatic heterocycles. The van der Waals surface area contributed by atoms with Gasteiger partial charge in [-0.05, 0) is 48.6 Å². The van der Waals surface area contributed by atoms with Crippen LogP contribution in [-0.4, -0.2) is 6.61 Å². The lowest BCUT2D eigenvalue weighted by molar-refractivity contribution is 0.340. The maximum atomic E-state index is 5.54. The van der Waals surface area contributed by atoms with E-state index in [9.17, 15) is 0 Å². The highest BCUT2D eigenvalue weighted by atomic mass is 32.1. The van der Waals surface area contributed by atoms with Crippen molar-refractivity contribution in [3.05, 3.63) is 51.7 Å². The second kappa shape index (κ2) is 6.55. The summed E-state index contributed by atoms with van der Waals surface area (Å²) in [6.45, 7) is 4.70. The monoisotopic (exact) mass is 308 g/mol. The van der Waals surface area contributed by atoms with Gasteiger partial charge in [0.05, 0.1) is 6.61 Å². The lowest BCUT2D eigenvalue weighted by atomic mass is 10.1. The van der Waals surface area contributed by atoms with Crippen molar-refractivity contribution < 1.29 is 4.74 Å². The number of hydrogen-bond donors (Lipinski definition) is 2. The van der Waals surface area contributed by atoms with Crippen LogP contribution in [0.15, 0.2) is 35.7 Å². The fourth-order valence-corrected chi connectivity index (χ4v) is 3.23. The van der Waals surface area contributed by atoms with Crippen LogP contribution in [0.4, 0.5) is 0 Å². The Bertz CT molecular complexity index is 585. The average molecular weight is 308 g/mol. The number of benzene rings is 1. The fourth-order valence-electron chi connectivity index (χ4n) is 1.77. The van der Waals surface area contributed by atoms with E-state index in [0.29, 0.717) is 6.61 Å². The second-order valence-electron chi connectivity index (χ2n) is 4.08. The SMILES string of the molecule is CCOc1ccc(C)c(/C(S)=C(/S)c2cccs2)c1. The van der Waals surface area contributed by atoms with Crippen LogP contribution in [0.25, 0.3) is 9.81 Å². The van der Waals surface area contributed by atoms with Crippen molar-refractivity contribution in [2.45, 2.75) is 13.8 Å². The number of thiol groups is 2. The molecule has 0 fully saturated rings. The first kappa shape index (κ1) is 14.6. The largest absolute Gasteiger partial charge is 0.494 e. The number of ether oxygens (including phenoxy) is 1. The Kier molecular flexibility index (Phi) is 5.02. The van der Waals surface area contributed by atoms with E-state index in [1.54, 1.807) is 11.3 Å². The first-order valence-electron chi connectivity index (χ1n) is 6.03. The van der Waals surface area contributed by atoms with Crippen molar-refractivity contribution in [3.63, 3.8) is 0 Å². The molecule has 0 radical (unpaired) electrons. The van der Waals surface area contributed by atoms with Gasteiger partial charge >= 0.3 is 0 Å². The molecule has 0 spiro atoms. The molecule has 2 aromatic rings. The van der Waals surface area contributed by atoms with Gasteiger partial charge in [-0.3, -0.25) is 0 Å². The molecule has 4 heteroatoms. The Morgan fingerprint density at radius 1 is 1.21 bits per heavy atom. The van der Waals surface area contributed by atoms with Gasteiger partial charge in [-0.2, -0.15) is 0 Å². The Balaban J connectivity index is 2.45. The van der Waals surface area contributed by atoms with E-state index >= 15 is 0 Å². The molecule has 1 heterocycles. The number of hydrogen-bond acceptors (Lipinski definition) is 4. The standard InChI is InChI=1S/C15H16OS3/c1-3-16-11-7-6-10(2)12(9-11)14(17)15(18)13-5-4-8-19-13/h4-9,17-18H,3H2,1-2H3/b15-14-. The Labute approximate surface area is 129 Å². The summed E-state index contributed by atoms with van der Waals surface area (Å²) < 4.78 is 5.54. The zero-order valence-corrected chi connectivity index (χ0v) is 13.5. The molecule has 0 saturated heterocycles. The topological polar surface area (TPSA) is 9.23 Å². The summed E-state index contributed by atoms with van der Waals surface area (Å²) in [4.78, 5) is 2.90. The third kappa shape index (κ3) is 3.38. The molecular weight excluding hydrogens is 292 g/mol. The summed E-state index contributed by atoms with van der Waals surface area (Å²) in [5, 5.41) is 2.04. The molecule has 19 heavy (non-hydrogen) atoms. The summed E-state index contributed by atoms with van der Waals surface area (Å²) in [6.07, 6.45) is 0. The molecule has 0 N–H and O–H groups in total. The lowest BCUT2D eigenvalue weighted by Gasteiger charge is -2.11. The number of rotatable bonds is 4. The van der Waals surface area contributed by atoms with Crippen LogP contribution in [0.2, 0.25) is 0 Å². The van der Waals surface area contributed by atoms with Crippen LogP contribution in [0.3, 0.4) is 0 Å². The van der Waals surface area contributed by atoms with E-state index in [-0.39, 0.29) is 0 Å². The minimum absolute atomic E-state index is 0.660. The molecule has 0 aliphatic heterocycles. The van der Waals surface area contributed by atoms with Gasteiger partial charge < -0.3 is 4.74 Å². The highest BCUT2D eigenvalue weighted by molar-refractivity contribution is 7.96. The van der Waals surface area contributed by atoms with Gasteiger partial charge in [0, 0.05) is 14.7 Å². The highest BCUT2D eigenvalue weighted by Gasteiger charge is 2.09. The normalized spacial score (nSPS) is 12.2. The van der Waals surface area contributed by atoms with Crippen molar-refractivity contribution in [3.8, 4) is 5.75 Å². The van der Waals surface area contributed by atoms with E-state index in [2.05, 4.69) is 32.2 Å². The molecule has 0 aliphatic carbocycles. The molecule has 1 nitrogen and oxygen atoms in total. The van der Waals surface area contributed by atoms with Crippen molar-refractivity contribution >= 4 is 46.4 Å². The summed E-state index contributed by atoms with van der Waals surface area (Å²) in [5.41, 5.74) is 2.23. The second-order valence-corrected chi connectivity index (χ2v) is 5.93. The minimum Gasteiger partial charge on any atom is -0.494 e. The first-order valence-corrected chi connectivity index (χ1v) is 7.80. The van der Waals surface area contributed by atoms with Gasteiger partial charge in [0.2, 0.25) is 0 Å². The van der Waals surface area contributed by atoms with Crippen molar-refractivity contribution in [1.82, 2.24) is 0 Å². The number of thiophene rings is 1. The molecule has 1 aromatic carbocycles. The molecular formula is C15H16OS3. The first-order chi connectivity index (χ1) is 9.13. The predicted octanol–water partition coefficient (Wildman–Crippen LogP) is 5.14. The van der Waals surface area contributed by atoms with Crippen LogP contribution in [0.1, 0.15) is 22.9 Å². The predicted molar refractivity (Wildman–Crippen MR) is 91.5 cm³/mol. The van der Waals surface area contributed by atoms with E-state index in [1.165, 1.54) is 0 Å². The van der Waals surface area contributed by atoms with Crippen LogP contribution < -0.4 is 4.74 Å². The van der Waals surface area contributed by atoms with Crippen molar-refractivity contribution in [2.75, 3.05) is 6.61 Å². The van der Waals surface area contributed by atoms with Gasteiger partial charge in [-0.25, -0.2) is 0 Å². The Hall–Kier alpha value is -0.840. The smallest absolute Gasteiger partial charge is 0.119 e. The molecule has 0 bridgehead atoms. The van der Waals surface area contributed by atoms with Gasteiger partial charge in [0.1, 0.15) is 5.75 Å². The zero-order chi connectivity index (χ0) is 13.8. The Morgan fingerprint density at radius 2 is 2.00 bits per heavy atom. The zero-order valence-electron chi connectivity index (χ0n) is 10.9. The van der Waals surface area contributed by atoms with E-state index in [4.69, 9.17) is 4.74 Å². The Morgan fingerprint density at radius 3 is 2.63 bits per heavy atom. The van der Waals surface area contributed by atoms with Crippen LogP contribution in [0, 0.1) is 6.92 Å². The third-order valence-electron chi connectivity index (χ3n) is 2.75. The molecule has 0 amide bonds. The quantitative estimate of drug-likeness (QED) is 0.744. The maximum absolute atomic E-state index is 5.54. The summed E-state index contributed by atoms with van der Waals surface area (Å²) in [5.74, 6) is 0.863. The summed E-state index contributed by atoms with van der Waals surface area (Å²) >= 11 is 10.9. The van der Waals surface area contributed by atoms with Gasteiger partial charge in [0.25, 0.3) is 0 Å². The molecule has 100 valence electrons. The molecule has 0 saturated carbocycles. The van der Waals surface area contributed by atoms with Gasteiger partial charge in [-0.15, -0.1) is 36.6 Å². The van der Waals surface area contributed by atoms with Gasteiger partial charge in [-0.1, -0.05) is 12.1 Å².